The van der Waals surface area contributed by atoms with Gasteiger partial charge in [0.25, 0.3) is 5.91 Å². The minimum atomic E-state index is -0.383. The van der Waals surface area contributed by atoms with Crippen LogP contribution < -0.4 is 10.2 Å². The van der Waals surface area contributed by atoms with Crippen molar-refractivity contribution in [1.82, 2.24) is 20.6 Å². The first kappa shape index (κ1) is 16.4. The quantitative estimate of drug-likeness (QED) is 0.535. The number of nitrogens with one attached hydrogen (secondary N) is 2. The van der Waals surface area contributed by atoms with Crippen molar-refractivity contribution in [2.75, 3.05) is 6.61 Å². The van der Waals surface area contributed by atoms with E-state index in [9.17, 15) is 4.79 Å². The fourth-order valence-corrected chi connectivity index (χ4v) is 2.17. The number of aromatic amines is 1. The maximum Gasteiger partial charge on any atom is 0.289 e. The molecule has 7 heteroatoms. The van der Waals surface area contributed by atoms with Crippen LogP contribution in [0.5, 0.6) is 5.75 Å². The monoisotopic (exact) mass is 335 g/mol. The highest BCUT2D eigenvalue weighted by Crippen LogP contribution is 2.22. The van der Waals surface area contributed by atoms with Gasteiger partial charge in [0.1, 0.15) is 11.4 Å². The molecule has 0 spiro atoms. The highest BCUT2D eigenvalue weighted by atomic mass is 16.5. The van der Waals surface area contributed by atoms with E-state index in [4.69, 9.17) is 4.74 Å². The molecule has 0 bridgehead atoms. The van der Waals surface area contributed by atoms with Crippen molar-refractivity contribution in [3.05, 3.63) is 66.1 Å². The van der Waals surface area contributed by atoms with Crippen LogP contribution in [-0.4, -0.2) is 33.9 Å². The predicted octanol–water partition coefficient (Wildman–Crippen LogP) is 2.63. The van der Waals surface area contributed by atoms with Crippen LogP contribution in [0.2, 0.25) is 0 Å². The second kappa shape index (κ2) is 7.87. The largest absolute Gasteiger partial charge is 0.494 e. The van der Waals surface area contributed by atoms with E-state index >= 15 is 0 Å². The molecular weight excluding hydrogens is 318 g/mol. The van der Waals surface area contributed by atoms with Crippen LogP contribution in [0.25, 0.3) is 11.3 Å². The van der Waals surface area contributed by atoms with Crippen molar-refractivity contribution in [2.45, 2.75) is 6.92 Å². The number of hydrogen-bond acceptors (Lipinski definition) is 5. The molecule has 0 atom stereocenters. The average molecular weight is 335 g/mol. The fraction of sp³-hybridized carbons (Fsp3) is 0.111. The van der Waals surface area contributed by atoms with Gasteiger partial charge in [-0.05, 0) is 37.3 Å². The lowest BCUT2D eigenvalue weighted by molar-refractivity contribution is 0.0950. The SMILES string of the molecule is CCOc1cccc(-c2cc(C(=O)NN=Cc3ccccn3)[nH]n2)c1. The molecule has 0 saturated carbocycles. The first-order valence-electron chi connectivity index (χ1n) is 7.79. The van der Waals surface area contributed by atoms with E-state index in [1.807, 2.05) is 43.3 Å². The highest BCUT2D eigenvalue weighted by Gasteiger charge is 2.11. The first-order chi connectivity index (χ1) is 12.3. The fourth-order valence-electron chi connectivity index (χ4n) is 2.17. The molecule has 3 aromatic rings. The van der Waals surface area contributed by atoms with Gasteiger partial charge < -0.3 is 4.74 Å². The van der Waals surface area contributed by atoms with Gasteiger partial charge in [0, 0.05) is 11.8 Å². The van der Waals surface area contributed by atoms with Crippen LogP contribution in [0.15, 0.2) is 59.8 Å². The molecule has 1 aromatic carbocycles. The summed E-state index contributed by atoms with van der Waals surface area (Å²) in [4.78, 5) is 16.2. The van der Waals surface area contributed by atoms with Gasteiger partial charge in [0.2, 0.25) is 0 Å². The summed E-state index contributed by atoms with van der Waals surface area (Å²) in [6.07, 6.45) is 3.13. The molecule has 0 aliphatic heterocycles. The second-order valence-electron chi connectivity index (χ2n) is 5.08. The van der Waals surface area contributed by atoms with Crippen molar-refractivity contribution in [2.24, 2.45) is 5.10 Å². The molecule has 126 valence electrons. The van der Waals surface area contributed by atoms with E-state index in [0.29, 0.717) is 23.7 Å². The average Bonchev–Trinajstić information content (AvgIpc) is 3.13. The molecule has 3 rings (SSSR count). The molecule has 25 heavy (non-hydrogen) atoms. The Bertz CT molecular complexity index is 874. The molecule has 1 amide bonds. The summed E-state index contributed by atoms with van der Waals surface area (Å²) in [5.41, 5.74) is 4.92. The lowest BCUT2D eigenvalue weighted by Gasteiger charge is -2.03. The van der Waals surface area contributed by atoms with Gasteiger partial charge in [-0.15, -0.1) is 0 Å². The smallest absolute Gasteiger partial charge is 0.289 e. The normalized spacial score (nSPS) is 10.8. The number of nitrogens with zero attached hydrogens (tertiary/aromatic N) is 3. The molecule has 0 aliphatic carbocycles. The number of H-pyrrole nitrogens is 1. The summed E-state index contributed by atoms with van der Waals surface area (Å²) < 4.78 is 5.48. The Morgan fingerprint density at radius 1 is 1.28 bits per heavy atom. The van der Waals surface area contributed by atoms with Gasteiger partial charge in [0.15, 0.2) is 0 Å². The molecular formula is C18H17N5O2. The van der Waals surface area contributed by atoms with Crippen LogP contribution in [0.4, 0.5) is 0 Å². The van der Waals surface area contributed by atoms with Crippen LogP contribution >= 0.6 is 0 Å². The van der Waals surface area contributed by atoms with Crippen molar-refractivity contribution < 1.29 is 9.53 Å². The molecule has 0 unspecified atom stereocenters. The van der Waals surface area contributed by atoms with E-state index in [2.05, 4.69) is 25.7 Å². The third-order valence-corrected chi connectivity index (χ3v) is 3.31. The number of hydrazone groups is 1. The van der Waals surface area contributed by atoms with E-state index in [0.717, 1.165) is 11.3 Å². The maximum atomic E-state index is 12.1. The summed E-state index contributed by atoms with van der Waals surface area (Å²) >= 11 is 0. The third kappa shape index (κ3) is 4.29. The van der Waals surface area contributed by atoms with E-state index < -0.39 is 0 Å². The molecule has 2 N–H and O–H groups in total. The maximum absolute atomic E-state index is 12.1. The van der Waals surface area contributed by atoms with E-state index in [1.165, 1.54) is 6.21 Å². The van der Waals surface area contributed by atoms with Crippen molar-refractivity contribution in [1.29, 1.82) is 0 Å². The number of aromatic nitrogens is 3. The predicted molar refractivity (Wildman–Crippen MR) is 94.5 cm³/mol. The molecule has 2 heterocycles. The van der Waals surface area contributed by atoms with Crippen molar-refractivity contribution in [3.8, 4) is 17.0 Å². The Hall–Kier alpha value is -3.48. The summed E-state index contributed by atoms with van der Waals surface area (Å²) in [5.74, 6) is 0.376. The lowest BCUT2D eigenvalue weighted by Crippen LogP contribution is -2.18. The number of pyridine rings is 1. The minimum absolute atomic E-state index is 0.315. The number of benzene rings is 1. The summed E-state index contributed by atoms with van der Waals surface area (Å²) in [7, 11) is 0. The number of carbonyl (C=O) groups excluding carboxylic acids is 1. The number of rotatable bonds is 6. The zero-order valence-corrected chi connectivity index (χ0v) is 13.6. The third-order valence-electron chi connectivity index (χ3n) is 3.31. The topological polar surface area (TPSA) is 92.3 Å². The van der Waals surface area contributed by atoms with Gasteiger partial charge in [-0.1, -0.05) is 18.2 Å². The molecule has 2 aromatic heterocycles. The van der Waals surface area contributed by atoms with E-state index in [-0.39, 0.29) is 5.91 Å². The minimum Gasteiger partial charge on any atom is -0.494 e. The molecule has 0 radical (unpaired) electrons. The standard InChI is InChI=1S/C18H17N5O2/c1-2-25-15-8-5-6-13(10-15)16-11-17(22-21-16)18(24)23-20-12-14-7-3-4-9-19-14/h3-12H,2H2,1H3,(H,21,22)(H,23,24). The summed E-state index contributed by atoms with van der Waals surface area (Å²) in [6.45, 7) is 2.51. The van der Waals surface area contributed by atoms with Gasteiger partial charge in [-0.25, -0.2) is 5.43 Å². The molecule has 0 aliphatic rings. The Morgan fingerprint density at radius 2 is 2.20 bits per heavy atom. The van der Waals surface area contributed by atoms with E-state index in [1.54, 1.807) is 18.3 Å². The van der Waals surface area contributed by atoms with Crippen molar-refractivity contribution in [3.63, 3.8) is 0 Å². The Kier molecular flexibility index (Phi) is 5.16. The Morgan fingerprint density at radius 3 is 3.00 bits per heavy atom. The van der Waals surface area contributed by atoms with Crippen LogP contribution in [0.3, 0.4) is 0 Å². The number of carbonyl (C=O) groups is 1. The number of hydrogen-bond donors (Lipinski definition) is 2. The first-order valence-corrected chi connectivity index (χ1v) is 7.79. The second-order valence-corrected chi connectivity index (χ2v) is 5.08. The van der Waals surface area contributed by atoms with Gasteiger partial charge in [-0.3, -0.25) is 14.9 Å². The molecule has 0 saturated heterocycles. The summed E-state index contributed by atoms with van der Waals surface area (Å²) in [6, 6.07) is 14.6. The number of ether oxygens (including phenoxy) is 1. The molecule has 0 fully saturated rings. The lowest BCUT2D eigenvalue weighted by atomic mass is 10.1. The summed E-state index contributed by atoms with van der Waals surface area (Å²) in [5, 5.41) is 10.8. The zero-order valence-electron chi connectivity index (χ0n) is 13.6. The Labute approximate surface area is 144 Å². The number of amides is 1. The van der Waals surface area contributed by atoms with Gasteiger partial charge >= 0.3 is 0 Å². The Balaban J connectivity index is 1.67. The highest BCUT2D eigenvalue weighted by molar-refractivity contribution is 5.94. The zero-order chi connectivity index (χ0) is 17.5. The van der Waals surface area contributed by atoms with Crippen LogP contribution in [0, 0.1) is 0 Å². The van der Waals surface area contributed by atoms with Crippen LogP contribution in [0.1, 0.15) is 23.1 Å². The molecule has 7 nitrogen and oxygen atoms in total. The van der Waals surface area contributed by atoms with Gasteiger partial charge in [-0.2, -0.15) is 10.2 Å². The van der Waals surface area contributed by atoms with Gasteiger partial charge in [0.05, 0.1) is 24.2 Å². The van der Waals surface area contributed by atoms with Crippen molar-refractivity contribution >= 4 is 12.1 Å². The van der Waals surface area contributed by atoms with Crippen LogP contribution in [-0.2, 0) is 0 Å².